The third-order valence-electron chi connectivity index (χ3n) is 5.56. The van der Waals surface area contributed by atoms with Crippen molar-refractivity contribution in [2.24, 2.45) is 5.41 Å². The zero-order valence-corrected chi connectivity index (χ0v) is 14.1. The molecule has 118 valence electrons. The van der Waals surface area contributed by atoms with E-state index in [1.165, 1.54) is 77.4 Å². The Kier molecular flexibility index (Phi) is 6.35. The lowest BCUT2D eigenvalue weighted by atomic mass is 9.84. The van der Waals surface area contributed by atoms with Gasteiger partial charge in [-0.25, -0.2) is 0 Å². The summed E-state index contributed by atoms with van der Waals surface area (Å²) in [7, 11) is 0. The Balaban J connectivity index is 1.91. The highest BCUT2D eigenvalue weighted by Gasteiger charge is 2.37. The fourth-order valence-electron chi connectivity index (χ4n) is 3.67. The molecule has 0 saturated heterocycles. The monoisotopic (exact) mass is 280 g/mol. The number of nitrogens with one attached hydrogen (secondary N) is 1. The lowest BCUT2D eigenvalue weighted by Crippen LogP contribution is -2.46. The van der Waals surface area contributed by atoms with Crippen LogP contribution in [0.3, 0.4) is 0 Å². The molecule has 2 nitrogen and oxygen atoms in total. The highest BCUT2D eigenvalue weighted by atomic mass is 15.2. The molecule has 0 aromatic rings. The smallest absolute Gasteiger partial charge is 0.00684 e. The first-order chi connectivity index (χ1) is 9.69. The first kappa shape index (κ1) is 16.3. The minimum absolute atomic E-state index is 0.583. The van der Waals surface area contributed by atoms with E-state index in [4.69, 9.17) is 0 Å². The van der Waals surface area contributed by atoms with Crippen molar-refractivity contribution in [1.29, 1.82) is 0 Å². The van der Waals surface area contributed by atoms with Crippen LogP contribution in [0.5, 0.6) is 0 Å². The predicted octanol–water partition coefficient (Wildman–Crippen LogP) is 4.20. The maximum absolute atomic E-state index is 3.83. The first-order valence-electron chi connectivity index (χ1n) is 9.16. The van der Waals surface area contributed by atoms with Gasteiger partial charge < -0.3 is 10.2 Å². The third kappa shape index (κ3) is 4.73. The molecule has 1 atom stereocenters. The Morgan fingerprint density at radius 1 is 1.20 bits per heavy atom. The molecule has 2 rings (SSSR count). The van der Waals surface area contributed by atoms with E-state index in [0.717, 1.165) is 12.1 Å². The largest absolute Gasteiger partial charge is 0.313 e. The van der Waals surface area contributed by atoms with E-state index in [-0.39, 0.29) is 0 Å². The molecule has 0 bridgehead atoms. The van der Waals surface area contributed by atoms with Gasteiger partial charge in [-0.1, -0.05) is 33.1 Å². The van der Waals surface area contributed by atoms with Gasteiger partial charge in [0.05, 0.1) is 0 Å². The summed E-state index contributed by atoms with van der Waals surface area (Å²) >= 11 is 0. The summed E-state index contributed by atoms with van der Waals surface area (Å²) in [5.41, 5.74) is 0.583. The molecule has 2 fully saturated rings. The summed E-state index contributed by atoms with van der Waals surface area (Å²) in [5.74, 6) is 0. The third-order valence-corrected chi connectivity index (χ3v) is 5.56. The van der Waals surface area contributed by atoms with Crippen molar-refractivity contribution < 1.29 is 0 Å². The molecule has 0 aromatic heterocycles. The van der Waals surface area contributed by atoms with E-state index in [0.29, 0.717) is 5.41 Å². The zero-order chi connectivity index (χ0) is 14.4. The first-order valence-corrected chi connectivity index (χ1v) is 9.16. The molecular formula is C18H36N2. The topological polar surface area (TPSA) is 15.3 Å². The van der Waals surface area contributed by atoms with Crippen molar-refractivity contribution in [3.05, 3.63) is 0 Å². The molecule has 2 aliphatic carbocycles. The molecule has 2 aliphatic rings. The Morgan fingerprint density at radius 2 is 1.90 bits per heavy atom. The van der Waals surface area contributed by atoms with Crippen LogP contribution in [-0.4, -0.2) is 36.6 Å². The molecule has 0 heterocycles. The average molecular weight is 280 g/mol. The van der Waals surface area contributed by atoms with Gasteiger partial charge in [0.2, 0.25) is 0 Å². The van der Waals surface area contributed by atoms with Crippen molar-refractivity contribution >= 4 is 0 Å². The Labute approximate surface area is 126 Å². The zero-order valence-electron chi connectivity index (χ0n) is 14.1. The molecule has 1 unspecified atom stereocenters. The maximum Gasteiger partial charge on any atom is 0.00684 e. The minimum Gasteiger partial charge on any atom is -0.313 e. The fourth-order valence-corrected chi connectivity index (χ4v) is 3.67. The van der Waals surface area contributed by atoms with Gasteiger partial charge >= 0.3 is 0 Å². The van der Waals surface area contributed by atoms with Crippen LogP contribution in [0.4, 0.5) is 0 Å². The lowest BCUT2D eigenvalue weighted by molar-refractivity contribution is 0.111. The molecule has 0 radical (unpaired) electrons. The number of rotatable bonds is 10. The summed E-state index contributed by atoms with van der Waals surface area (Å²) in [4.78, 5) is 2.80. The molecule has 2 heteroatoms. The summed E-state index contributed by atoms with van der Waals surface area (Å²) < 4.78 is 0. The van der Waals surface area contributed by atoms with Crippen LogP contribution in [0.2, 0.25) is 0 Å². The summed E-state index contributed by atoms with van der Waals surface area (Å²) in [6.07, 6.45) is 12.6. The molecule has 0 amide bonds. The normalized spacial score (nSPS) is 23.4. The van der Waals surface area contributed by atoms with Gasteiger partial charge in [-0.3, -0.25) is 0 Å². The summed E-state index contributed by atoms with van der Waals surface area (Å²) in [5, 5.41) is 3.83. The highest BCUT2D eigenvalue weighted by Crippen LogP contribution is 2.39. The second-order valence-corrected chi connectivity index (χ2v) is 7.44. The van der Waals surface area contributed by atoms with Gasteiger partial charge in [0.25, 0.3) is 0 Å². The molecule has 0 spiro atoms. The number of nitrogens with zero attached hydrogens (tertiary/aromatic N) is 1. The van der Waals surface area contributed by atoms with Crippen LogP contribution in [0, 0.1) is 5.41 Å². The number of hydrogen-bond acceptors (Lipinski definition) is 2. The lowest BCUT2D eigenvalue weighted by Gasteiger charge is -2.39. The molecule has 20 heavy (non-hydrogen) atoms. The fraction of sp³-hybridized carbons (Fsp3) is 1.00. The minimum atomic E-state index is 0.583. The Bertz CT molecular complexity index is 267. The molecule has 0 aliphatic heterocycles. The SMILES string of the molecule is CCCCN(CC1(CNC2CC2)CCCC1)C(C)CC. The molecular weight excluding hydrogens is 244 g/mol. The van der Waals surface area contributed by atoms with E-state index in [2.05, 4.69) is 31.0 Å². The van der Waals surface area contributed by atoms with Gasteiger partial charge in [0.15, 0.2) is 0 Å². The average Bonchev–Trinajstić information content (AvgIpc) is 3.19. The number of unbranched alkanes of at least 4 members (excludes halogenated alkanes) is 1. The van der Waals surface area contributed by atoms with E-state index >= 15 is 0 Å². The highest BCUT2D eigenvalue weighted by molar-refractivity contribution is 4.93. The number of hydrogen-bond donors (Lipinski definition) is 1. The van der Waals surface area contributed by atoms with Crippen molar-refractivity contribution in [2.45, 2.75) is 90.6 Å². The quantitative estimate of drug-likeness (QED) is 0.645. The van der Waals surface area contributed by atoms with E-state index in [1.807, 2.05) is 0 Å². The maximum atomic E-state index is 3.83. The van der Waals surface area contributed by atoms with E-state index < -0.39 is 0 Å². The Hall–Kier alpha value is -0.0800. The van der Waals surface area contributed by atoms with Crippen LogP contribution in [-0.2, 0) is 0 Å². The van der Waals surface area contributed by atoms with Crippen LogP contribution >= 0.6 is 0 Å². The van der Waals surface area contributed by atoms with Gasteiger partial charge in [-0.2, -0.15) is 0 Å². The second kappa shape index (κ2) is 7.79. The van der Waals surface area contributed by atoms with E-state index in [1.54, 1.807) is 0 Å². The second-order valence-electron chi connectivity index (χ2n) is 7.44. The van der Waals surface area contributed by atoms with Crippen LogP contribution in [0.25, 0.3) is 0 Å². The van der Waals surface area contributed by atoms with Crippen molar-refractivity contribution in [2.75, 3.05) is 19.6 Å². The van der Waals surface area contributed by atoms with Gasteiger partial charge in [0, 0.05) is 25.2 Å². The van der Waals surface area contributed by atoms with Crippen molar-refractivity contribution in [3.63, 3.8) is 0 Å². The van der Waals surface area contributed by atoms with E-state index in [9.17, 15) is 0 Å². The predicted molar refractivity (Wildman–Crippen MR) is 88.2 cm³/mol. The van der Waals surface area contributed by atoms with Crippen LogP contribution < -0.4 is 5.32 Å². The molecule has 1 N–H and O–H groups in total. The van der Waals surface area contributed by atoms with Gasteiger partial charge in [0.1, 0.15) is 0 Å². The summed E-state index contributed by atoms with van der Waals surface area (Å²) in [6, 6.07) is 1.61. The standard InChI is InChI=1S/C18H36N2/c1-4-6-13-20(16(3)5-2)15-18(11-7-8-12-18)14-19-17-9-10-17/h16-17,19H,4-15H2,1-3H3. The summed E-state index contributed by atoms with van der Waals surface area (Å²) in [6.45, 7) is 11.0. The van der Waals surface area contributed by atoms with Crippen LogP contribution in [0.15, 0.2) is 0 Å². The van der Waals surface area contributed by atoms with Gasteiger partial charge in [-0.15, -0.1) is 0 Å². The van der Waals surface area contributed by atoms with Gasteiger partial charge in [-0.05, 0) is 57.4 Å². The Morgan fingerprint density at radius 3 is 2.45 bits per heavy atom. The molecule has 0 aromatic carbocycles. The van der Waals surface area contributed by atoms with Crippen LogP contribution in [0.1, 0.15) is 78.6 Å². The van der Waals surface area contributed by atoms with Crippen molar-refractivity contribution in [1.82, 2.24) is 10.2 Å². The van der Waals surface area contributed by atoms with Crippen molar-refractivity contribution in [3.8, 4) is 0 Å². The molecule has 2 saturated carbocycles.